The predicted molar refractivity (Wildman–Crippen MR) is 129 cm³/mol. The van der Waals surface area contributed by atoms with Crippen LogP contribution in [0.4, 0.5) is 15.9 Å². The van der Waals surface area contributed by atoms with Crippen molar-refractivity contribution in [3.63, 3.8) is 0 Å². The van der Waals surface area contributed by atoms with Crippen molar-refractivity contribution in [1.82, 2.24) is 10.3 Å². The molecule has 3 N–H and O–H groups in total. The number of pyridine rings is 1. The molecule has 0 radical (unpaired) electrons. The van der Waals surface area contributed by atoms with Gasteiger partial charge in [-0.3, -0.25) is 9.59 Å². The summed E-state index contributed by atoms with van der Waals surface area (Å²) >= 11 is 1.35. The second-order valence-corrected chi connectivity index (χ2v) is 7.77. The van der Waals surface area contributed by atoms with E-state index in [0.717, 1.165) is 16.0 Å². The first-order chi connectivity index (χ1) is 15.4. The average molecular weight is 451 g/mol. The number of halogens is 1. The van der Waals surface area contributed by atoms with Crippen LogP contribution in [0.1, 0.15) is 34.6 Å². The Kier molecular flexibility index (Phi) is 7.17. The molecule has 2 heterocycles. The number of carbonyl (C=O) groups is 2. The molecule has 2 aromatic heterocycles. The van der Waals surface area contributed by atoms with E-state index in [9.17, 15) is 14.0 Å². The number of hydrogen-bond acceptors (Lipinski definition) is 5. The lowest BCUT2D eigenvalue weighted by Crippen LogP contribution is -2.20. The van der Waals surface area contributed by atoms with Crippen LogP contribution in [0.15, 0.2) is 71.9 Å². The molecular weight excluding hydrogens is 427 g/mol. The second kappa shape index (κ2) is 10.0. The van der Waals surface area contributed by atoms with Gasteiger partial charge in [0.05, 0.1) is 16.8 Å². The monoisotopic (exact) mass is 450 g/mol. The lowest BCUT2D eigenvalue weighted by Gasteiger charge is -2.16. The number of rotatable bonds is 7. The van der Waals surface area contributed by atoms with Crippen LogP contribution in [0.25, 0.3) is 10.1 Å². The van der Waals surface area contributed by atoms with Gasteiger partial charge >= 0.3 is 0 Å². The Morgan fingerprint density at radius 3 is 2.66 bits per heavy atom. The number of benzene rings is 1. The third kappa shape index (κ3) is 4.92. The van der Waals surface area contributed by atoms with Crippen LogP contribution in [0.3, 0.4) is 0 Å². The van der Waals surface area contributed by atoms with E-state index in [0.29, 0.717) is 22.5 Å². The van der Waals surface area contributed by atoms with E-state index in [1.807, 2.05) is 19.9 Å². The highest BCUT2D eigenvalue weighted by molar-refractivity contribution is 7.17. The maximum absolute atomic E-state index is 13.7. The molecular formula is C24H23FN4O2S. The molecule has 1 aromatic carbocycles. The number of carbonyl (C=O) groups excluding carboxylic acids is 2. The minimum Gasteiger partial charge on any atom is -0.355 e. The first kappa shape index (κ1) is 22.9. The highest BCUT2D eigenvalue weighted by Gasteiger charge is 2.18. The van der Waals surface area contributed by atoms with Crippen LogP contribution in [-0.2, 0) is 0 Å². The van der Waals surface area contributed by atoms with Gasteiger partial charge in [-0.05, 0) is 49.8 Å². The number of nitrogens with one attached hydrogen (secondary N) is 3. The Balaban J connectivity index is 2.02. The molecule has 0 saturated heterocycles. The van der Waals surface area contributed by atoms with E-state index < -0.39 is 11.7 Å². The average Bonchev–Trinajstić information content (AvgIpc) is 3.21. The SMILES string of the molecule is C=C/C=C(Nc1ncc(C(=O)NC)cc1NC(=O)c1csc2ccc(F)cc12)\C(C)=C/C. The standard InChI is InChI=1S/C24H23FN4O2S/c1-5-7-19(14(3)6-2)28-22-20(10-15(12-27-22)23(30)26-4)29-24(31)18-13-32-21-9-8-16(25)11-17(18)21/h5-13H,1H2,2-4H3,(H,26,30)(H,27,28)(H,29,31)/b14-6-,19-7+. The first-order valence-electron chi connectivity index (χ1n) is 9.81. The van der Waals surface area contributed by atoms with Crippen LogP contribution < -0.4 is 16.0 Å². The molecule has 3 rings (SSSR count). The van der Waals surface area contributed by atoms with Gasteiger partial charge in [-0.25, -0.2) is 9.37 Å². The van der Waals surface area contributed by atoms with Gasteiger partial charge < -0.3 is 16.0 Å². The van der Waals surface area contributed by atoms with Crippen molar-refractivity contribution in [2.75, 3.05) is 17.7 Å². The molecule has 0 bridgehead atoms. The Bertz CT molecular complexity index is 1260. The van der Waals surface area contributed by atoms with Gasteiger partial charge in [0.15, 0.2) is 5.82 Å². The van der Waals surface area contributed by atoms with Gasteiger partial charge in [0.2, 0.25) is 0 Å². The van der Waals surface area contributed by atoms with Crippen molar-refractivity contribution in [3.05, 3.63) is 88.9 Å². The maximum atomic E-state index is 13.7. The molecule has 164 valence electrons. The van der Waals surface area contributed by atoms with Gasteiger partial charge in [-0.1, -0.05) is 18.7 Å². The van der Waals surface area contributed by atoms with Gasteiger partial charge in [0.1, 0.15) is 5.82 Å². The lowest BCUT2D eigenvalue weighted by atomic mass is 10.1. The summed E-state index contributed by atoms with van der Waals surface area (Å²) in [6.45, 7) is 7.56. The van der Waals surface area contributed by atoms with Crippen LogP contribution in [0.5, 0.6) is 0 Å². The molecule has 0 aliphatic carbocycles. The molecule has 3 aromatic rings. The van der Waals surface area contributed by atoms with Crippen molar-refractivity contribution in [2.45, 2.75) is 13.8 Å². The first-order valence-corrected chi connectivity index (χ1v) is 10.7. The molecule has 6 nitrogen and oxygen atoms in total. The summed E-state index contributed by atoms with van der Waals surface area (Å²) in [5.41, 5.74) is 2.62. The maximum Gasteiger partial charge on any atom is 0.257 e. The smallest absolute Gasteiger partial charge is 0.257 e. The third-order valence-electron chi connectivity index (χ3n) is 4.80. The number of fused-ring (bicyclic) bond motifs is 1. The predicted octanol–water partition coefficient (Wildman–Crippen LogP) is 5.50. The normalized spacial score (nSPS) is 11.9. The largest absolute Gasteiger partial charge is 0.355 e. The van der Waals surface area contributed by atoms with E-state index in [-0.39, 0.29) is 11.5 Å². The van der Waals surface area contributed by atoms with E-state index in [2.05, 4.69) is 27.5 Å². The Labute approximate surface area is 189 Å². The summed E-state index contributed by atoms with van der Waals surface area (Å²) in [7, 11) is 1.51. The quantitative estimate of drug-likeness (QED) is 0.415. The highest BCUT2D eigenvalue weighted by atomic mass is 32.1. The van der Waals surface area contributed by atoms with Crippen LogP contribution in [-0.4, -0.2) is 23.8 Å². The van der Waals surface area contributed by atoms with E-state index >= 15 is 0 Å². The van der Waals surface area contributed by atoms with E-state index in [1.54, 1.807) is 23.6 Å². The van der Waals surface area contributed by atoms with Crippen molar-refractivity contribution in [2.24, 2.45) is 0 Å². The fourth-order valence-corrected chi connectivity index (χ4v) is 3.89. The number of aromatic nitrogens is 1. The lowest BCUT2D eigenvalue weighted by molar-refractivity contribution is 0.0961. The van der Waals surface area contributed by atoms with Crippen LogP contribution in [0.2, 0.25) is 0 Å². The zero-order chi connectivity index (χ0) is 23.3. The molecule has 0 fully saturated rings. The van der Waals surface area contributed by atoms with Crippen molar-refractivity contribution in [1.29, 1.82) is 0 Å². The van der Waals surface area contributed by atoms with Crippen molar-refractivity contribution >= 4 is 44.7 Å². The zero-order valence-corrected chi connectivity index (χ0v) is 18.8. The third-order valence-corrected chi connectivity index (χ3v) is 5.76. The minimum absolute atomic E-state index is 0.284. The molecule has 0 atom stereocenters. The van der Waals surface area contributed by atoms with Crippen LogP contribution in [0, 0.1) is 5.82 Å². The van der Waals surface area contributed by atoms with Gasteiger partial charge in [-0.2, -0.15) is 0 Å². The number of anilines is 2. The summed E-state index contributed by atoms with van der Waals surface area (Å²) in [4.78, 5) is 29.6. The Hall–Kier alpha value is -3.78. The van der Waals surface area contributed by atoms with Gasteiger partial charge in [0.25, 0.3) is 11.8 Å². The fourth-order valence-electron chi connectivity index (χ4n) is 2.97. The summed E-state index contributed by atoms with van der Waals surface area (Å²) in [6.07, 6.45) is 6.76. The Morgan fingerprint density at radius 2 is 1.97 bits per heavy atom. The molecule has 2 amide bonds. The van der Waals surface area contributed by atoms with Crippen molar-refractivity contribution < 1.29 is 14.0 Å². The molecule has 0 aliphatic heterocycles. The number of hydrogen-bond donors (Lipinski definition) is 3. The fraction of sp³-hybridized carbons (Fsp3) is 0.125. The van der Waals surface area contributed by atoms with Crippen molar-refractivity contribution in [3.8, 4) is 0 Å². The summed E-state index contributed by atoms with van der Waals surface area (Å²) < 4.78 is 14.5. The summed E-state index contributed by atoms with van der Waals surface area (Å²) in [5, 5.41) is 10.7. The van der Waals surface area contributed by atoms with Gasteiger partial charge in [0, 0.05) is 34.4 Å². The van der Waals surface area contributed by atoms with E-state index in [1.165, 1.54) is 42.8 Å². The Morgan fingerprint density at radius 1 is 1.19 bits per heavy atom. The number of amides is 2. The van der Waals surface area contributed by atoms with Gasteiger partial charge in [-0.15, -0.1) is 11.3 Å². The highest BCUT2D eigenvalue weighted by Crippen LogP contribution is 2.29. The topological polar surface area (TPSA) is 83.1 Å². The number of allylic oxidation sites excluding steroid dienone is 4. The van der Waals surface area contributed by atoms with E-state index in [4.69, 9.17) is 0 Å². The molecule has 0 aliphatic rings. The molecule has 0 unspecified atom stereocenters. The molecule has 32 heavy (non-hydrogen) atoms. The number of nitrogens with zero attached hydrogens (tertiary/aromatic N) is 1. The second-order valence-electron chi connectivity index (χ2n) is 6.86. The minimum atomic E-state index is -0.433. The molecule has 0 spiro atoms. The van der Waals surface area contributed by atoms with Crippen LogP contribution >= 0.6 is 11.3 Å². The summed E-state index contributed by atoms with van der Waals surface area (Å²) in [6, 6.07) is 5.87. The molecule has 8 heteroatoms. The molecule has 0 saturated carbocycles. The zero-order valence-electron chi connectivity index (χ0n) is 18.0. The number of thiophene rings is 1. The summed E-state index contributed by atoms with van der Waals surface area (Å²) in [5.74, 6) is -0.838.